The fourth-order valence-electron chi connectivity index (χ4n) is 5.68. The van der Waals surface area contributed by atoms with Crippen LogP contribution in [0, 0.1) is 18.7 Å². The van der Waals surface area contributed by atoms with Crippen LogP contribution in [0.1, 0.15) is 36.6 Å². The molecular formula is C20H27FN6. The molecule has 6 nitrogen and oxygen atoms in total. The minimum absolute atomic E-state index is 0.146. The quantitative estimate of drug-likeness (QED) is 0.807. The van der Waals surface area contributed by atoms with E-state index in [4.69, 9.17) is 0 Å². The molecule has 7 heteroatoms. The second kappa shape index (κ2) is 6.95. The number of tetrazole rings is 1. The van der Waals surface area contributed by atoms with Crippen molar-refractivity contribution in [1.29, 1.82) is 0 Å². The molecule has 4 aliphatic rings. The van der Waals surface area contributed by atoms with Crippen molar-refractivity contribution in [3.05, 3.63) is 41.5 Å². The highest BCUT2D eigenvalue weighted by Gasteiger charge is 2.52. The molecule has 0 N–H and O–H groups in total. The molecule has 2 bridgehead atoms. The van der Waals surface area contributed by atoms with Gasteiger partial charge < -0.3 is 0 Å². The molecule has 0 spiro atoms. The summed E-state index contributed by atoms with van der Waals surface area (Å²) in [6.45, 7) is 7.40. The largest absolute Gasteiger partial charge is 0.298 e. The molecule has 0 aliphatic carbocycles. The summed E-state index contributed by atoms with van der Waals surface area (Å²) in [5.74, 6) is 2.02. The van der Waals surface area contributed by atoms with Crippen molar-refractivity contribution in [3.8, 4) is 0 Å². The van der Waals surface area contributed by atoms with Gasteiger partial charge in [-0.15, -0.1) is 5.10 Å². The molecule has 5 heterocycles. The lowest BCUT2D eigenvalue weighted by Gasteiger charge is -2.51. The standard InChI is InChI=1S/C20H27FN6/c1-14-22-23-24-27(14)10-2-9-26-13-18(15-3-5-17(21)6-4-15)20-19(26)16-7-11-25(20)12-8-16/h3-6,16,18-20H,2,7-13H2,1H3/t18-,19+,20+/m1/s1. The average molecular weight is 370 g/mol. The minimum atomic E-state index is -0.146. The summed E-state index contributed by atoms with van der Waals surface area (Å²) in [5.41, 5.74) is 1.29. The molecule has 0 unspecified atom stereocenters. The van der Waals surface area contributed by atoms with Crippen molar-refractivity contribution < 1.29 is 4.39 Å². The third kappa shape index (κ3) is 3.06. The first kappa shape index (κ1) is 17.3. The van der Waals surface area contributed by atoms with Crippen LogP contribution < -0.4 is 0 Å². The number of benzene rings is 1. The van der Waals surface area contributed by atoms with Crippen molar-refractivity contribution in [2.75, 3.05) is 26.2 Å². The predicted molar refractivity (Wildman–Crippen MR) is 99.8 cm³/mol. The fourth-order valence-corrected chi connectivity index (χ4v) is 5.68. The normalized spacial score (nSPS) is 32.7. The smallest absolute Gasteiger partial charge is 0.148 e. The molecule has 144 valence electrons. The van der Waals surface area contributed by atoms with Gasteiger partial charge in [0, 0.05) is 37.6 Å². The van der Waals surface area contributed by atoms with Crippen molar-refractivity contribution in [1.82, 2.24) is 30.0 Å². The zero-order valence-electron chi connectivity index (χ0n) is 15.8. The first-order valence-electron chi connectivity index (χ1n) is 10.2. The van der Waals surface area contributed by atoms with Gasteiger partial charge in [-0.2, -0.15) is 0 Å². The first-order valence-corrected chi connectivity index (χ1v) is 10.2. The van der Waals surface area contributed by atoms with E-state index in [0.717, 1.165) is 37.8 Å². The summed E-state index contributed by atoms with van der Waals surface area (Å²) in [7, 11) is 0. The Labute approximate surface area is 159 Å². The van der Waals surface area contributed by atoms with E-state index in [9.17, 15) is 4.39 Å². The molecule has 0 saturated carbocycles. The Balaban J connectivity index is 1.34. The summed E-state index contributed by atoms with van der Waals surface area (Å²) < 4.78 is 15.3. The average Bonchev–Trinajstić information content (AvgIpc) is 3.29. The van der Waals surface area contributed by atoms with Crippen LogP contribution in [0.25, 0.3) is 0 Å². The van der Waals surface area contributed by atoms with E-state index in [0.29, 0.717) is 18.0 Å². The highest BCUT2D eigenvalue weighted by atomic mass is 19.1. The van der Waals surface area contributed by atoms with Crippen molar-refractivity contribution in [2.45, 2.75) is 50.7 Å². The van der Waals surface area contributed by atoms with Gasteiger partial charge in [0.2, 0.25) is 0 Å². The van der Waals surface area contributed by atoms with Crippen molar-refractivity contribution >= 4 is 0 Å². The van der Waals surface area contributed by atoms with E-state index < -0.39 is 0 Å². The Morgan fingerprint density at radius 1 is 1.07 bits per heavy atom. The molecule has 3 atom stereocenters. The Hall–Kier alpha value is -1.86. The summed E-state index contributed by atoms with van der Waals surface area (Å²) in [5, 5.41) is 11.8. The minimum Gasteiger partial charge on any atom is -0.298 e. The third-order valence-electron chi connectivity index (χ3n) is 6.92. The molecule has 4 fully saturated rings. The SMILES string of the molecule is Cc1nnnn1CCCN1C[C@H](c2ccc(F)cc2)[C@H]2[C@@H]1C1CCN2CC1. The highest BCUT2D eigenvalue weighted by Crippen LogP contribution is 2.46. The lowest BCUT2D eigenvalue weighted by atomic mass is 9.75. The lowest BCUT2D eigenvalue weighted by molar-refractivity contribution is -0.00699. The fraction of sp³-hybridized carbons (Fsp3) is 0.650. The van der Waals surface area contributed by atoms with E-state index in [1.165, 1.54) is 31.5 Å². The molecule has 4 aliphatic heterocycles. The van der Waals surface area contributed by atoms with Gasteiger partial charge in [-0.05, 0) is 73.3 Å². The van der Waals surface area contributed by atoms with Gasteiger partial charge in [-0.1, -0.05) is 12.1 Å². The number of halogens is 1. The van der Waals surface area contributed by atoms with Crippen LogP contribution in [0.4, 0.5) is 4.39 Å². The van der Waals surface area contributed by atoms with Crippen LogP contribution >= 0.6 is 0 Å². The second-order valence-corrected chi connectivity index (χ2v) is 8.31. The first-order chi connectivity index (χ1) is 13.2. The number of fused-ring (bicyclic) bond motifs is 2. The van der Waals surface area contributed by atoms with Crippen LogP contribution in [0.2, 0.25) is 0 Å². The molecule has 4 saturated heterocycles. The van der Waals surface area contributed by atoms with Gasteiger partial charge in [-0.25, -0.2) is 9.07 Å². The number of piperidine rings is 3. The molecule has 27 heavy (non-hydrogen) atoms. The van der Waals surface area contributed by atoms with E-state index >= 15 is 0 Å². The van der Waals surface area contributed by atoms with Gasteiger partial charge in [0.1, 0.15) is 11.6 Å². The van der Waals surface area contributed by atoms with Crippen LogP contribution in [-0.2, 0) is 6.54 Å². The molecule has 0 amide bonds. The number of aromatic nitrogens is 4. The predicted octanol–water partition coefficient (Wildman–Crippen LogP) is 2.07. The number of rotatable bonds is 5. The van der Waals surface area contributed by atoms with Crippen LogP contribution in [0.5, 0.6) is 0 Å². The van der Waals surface area contributed by atoms with Gasteiger partial charge >= 0.3 is 0 Å². The van der Waals surface area contributed by atoms with Gasteiger partial charge in [-0.3, -0.25) is 9.80 Å². The monoisotopic (exact) mass is 370 g/mol. The molecule has 6 rings (SSSR count). The number of hydrogen-bond donors (Lipinski definition) is 0. The van der Waals surface area contributed by atoms with E-state index in [1.54, 1.807) is 12.1 Å². The topological polar surface area (TPSA) is 50.1 Å². The van der Waals surface area contributed by atoms with E-state index in [-0.39, 0.29) is 5.82 Å². The second-order valence-electron chi connectivity index (χ2n) is 8.31. The van der Waals surface area contributed by atoms with Crippen molar-refractivity contribution in [3.63, 3.8) is 0 Å². The number of likely N-dealkylation sites (tertiary alicyclic amines) is 1. The lowest BCUT2D eigenvalue weighted by Crippen LogP contribution is -2.60. The van der Waals surface area contributed by atoms with Gasteiger partial charge in [0.15, 0.2) is 0 Å². The summed E-state index contributed by atoms with van der Waals surface area (Å²) >= 11 is 0. The molecule has 1 aromatic heterocycles. The highest BCUT2D eigenvalue weighted by molar-refractivity contribution is 5.27. The maximum absolute atomic E-state index is 13.4. The maximum Gasteiger partial charge on any atom is 0.148 e. The Kier molecular flexibility index (Phi) is 4.44. The van der Waals surface area contributed by atoms with E-state index in [2.05, 4.69) is 25.3 Å². The van der Waals surface area contributed by atoms with E-state index in [1.807, 2.05) is 23.7 Å². The van der Waals surface area contributed by atoms with Crippen LogP contribution in [0.15, 0.2) is 24.3 Å². The molecule has 2 aromatic rings. The zero-order chi connectivity index (χ0) is 18.4. The van der Waals surface area contributed by atoms with Gasteiger partial charge in [0.25, 0.3) is 0 Å². The molecule has 0 radical (unpaired) electrons. The number of nitrogens with zero attached hydrogens (tertiary/aromatic N) is 6. The Morgan fingerprint density at radius 3 is 2.56 bits per heavy atom. The van der Waals surface area contributed by atoms with Crippen LogP contribution in [-0.4, -0.2) is 68.3 Å². The molecule has 1 aromatic carbocycles. The summed E-state index contributed by atoms with van der Waals surface area (Å²) in [6, 6.07) is 8.44. The number of aryl methyl sites for hydroxylation is 2. The molecular weight excluding hydrogens is 343 g/mol. The number of hydrogen-bond acceptors (Lipinski definition) is 5. The van der Waals surface area contributed by atoms with Gasteiger partial charge in [0.05, 0.1) is 0 Å². The zero-order valence-corrected chi connectivity index (χ0v) is 15.8. The van der Waals surface area contributed by atoms with Crippen molar-refractivity contribution in [2.24, 2.45) is 5.92 Å². The van der Waals surface area contributed by atoms with Crippen LogP contribution in [0.3, 0.4) is 0 Å². The maximum atomic E-state index is 13.4. The third-order valence-corrected chi connectivity index (χ3v) is 6.92. The summed E-state index contributed by atoms with van der Waals surface area (Å²) in [4.78, 5) is 5.40. The Bertz CT molecular complexity index is 782. The summed E-state index contributed by atoms with van der Waals surface area (Å²) in [6.07, 6.45) is 3.69. The Morgan fingerprint density at radius 2 is 1.85 bits per heavy atom.